The summed E-state index contributed by atoms with van der Waals surface area (Å²) in [5.41, 5.74) is 9.59. The molecule has 148 valence electrons. The van der Waals surface area contributed by atoms with E-state index in [1.807, 2.05) is 0 Å². The van der Waals surface area contributed by atoms with Crippen LogP contribution in [0.1, 0.15) is 19.4 Å². The Hall–Kier alpha value is -3.96. The number of amidine groups is 1. The van der Waals surface area contributed by atoms with E-state index in [1.165, 1.54) is 26.0 Å². The van der Waals surface area contributed by atoms with Gasteiger partial charge in [0.15, 0.2) is 18.0 Å². The van der Waals surface area contributed by atoms with Gasteiger partial charge in [-0.2, -0.15) is 5.10 Å². The van der Waals surface area contributed by atoms with Gasteiger partial charge < -0.3 is 21.0 Å². The summed E-state index contributed by atoms with van der Waals surface area (Å²) in [5.74, 6) is -1.12. The number of nitrogens with two attached hydrogens (primary N) is 2. The summed E-state index contributed by atoms with van der Waals surface area (Å²) < 4.78 is 6.22. The van der Waals surface area contributed by atoms with Gasteiger partial charge in [-0.25, -0.2) is 9.48 Å². The Balaban J connectivity index is 2.05. The number of aromatic nitrogens is 2. The lowest BCUT2D eigenvalue weighted by atomic mass is 10.1. The van der Waals surface area contributed by atoms with Crippen LogP contribution in [-0.4, -0.2) is 39.0 Å². The number of ether oxygens (including phenoxy) is 1. The number of hydrogen-bond acceptors (Lipinski definition) is 8. The molecule has 0 fully saturated rings. The minimum absolute atomic E-state index is 0.0861. The van der Waals surface area contributed by atoms with Gasteiger partial charge in [0.2, 0.25) is 0 Å². The number of nitro groups is 1. The van der Waals surface area contributed by atoms with Crippen molar-refractivity contribution in [3.8, 4) is 5.75 Å². The van der Waals surface area contributed by atoms with Gasteiger partial charge in [0.1, 0.15) is 18.1 Å². The van der Waals surface area contributed by atoms with Gasteiger partial charge in [-0.15, -0.1) is 0 Å². The van der Waals surface area contributed by atoms with Crippen molar-refractivity contribution in [2.75, 3.05) is 6.61 Å². The zero-order valence-corrected chi connectivity index (χ0v) is 15.1. The van der Waals surface area contributed by atoms with Crippen molar-refractivity contribution in [3.05, 3.63) is 52.3 Å². The molecule has 0 unspecified atom stereocenters. The topological polar surface area (TPSA) is 178 Å². The average Bonchev–Trinajstić information content (AvgIpc) is 3.15. The number of nitrogens with zero attached hydrogens (tertiary/aromatic N) is 4. The van der Waals surface area contributed by atoms with Crippen molar-refractivity contribution in [1.82, 2.24) is 9.78 Å². The fraction of sp³-hybridized carbons (Fsp3) is 0.250. The lowest BCUT2D eigenvalue weighted by Crippen LogP contribution is -2.37. The lowest BCUT2D eigenvalue weighted by Gasteiger charge is -2.20. The molecule has 0 aliphatic heterocycles. The van der Waals surface area contributed by atoms with Crippen LogP contribution in [0.2, 0.25) is 0 Å². The molecule has 4 N–H and O–H groups in total. The molecule has 1 aromatic carbocycles. The van der Waals surface area contributed by atoms with Crippen LogP contribution in [0.25, 0.3) is 0 Å². The molecule has 2 rings (SSSR count). The van der Waals surface area contributed by atoms with Gasteiger partial charge in [0.05, 0.1) is 4.92 Å². The molecule has 0 saturated carbocycles. The normalized spacial score (nSPS) is 11.7. The third kappa shape index (κ3) is 4.81. The zero-order chi connectivity index (χ0) is 20.9. The SMILES string of the molecule is CC(C)(C(=O)O/N=C(\N)c1ccc(OCC(N)=O)cc1)n1cc([N+](=O)[O-])cn1. The molecule has 0 radical (unpaired) electrons. The van der Waals surface area contributed by atoms with E-state index >= 15 is 0 Å². The number of oxime groups is 1. The van der Waals surface area contributed by atoms with Gasteiger partial charge in [-0.3, -0.25) is 14.9 Å². The highest BCUT2D eigenvalue weighted by Gasteiger charge is 2.34. The summed E-state index contributed by atoms with van der Waals surface area (Å²) in [7, 11) is 0. The molecular weight excluding hydrogens is 372 g/mol. The number of rotatable bonds is 8. The Morgan fingerprint density at radius 2 is 1.93 bits per heavy atom. The summed E-state index contributed by atoms with van der Waals surface area (Å²) in [4.78, 5) is 38.0. The molecule has 28 heavy (non-hydrogen) atoms. The predicted octanol–water partition coefficient (Wildman–Crippen LogP) is 0.254. The Labute approximate surface area is 158 Å². The molecule has 1 amide bonds. The number of carbonyl (C=O) groups excluding carboxylic acids is 2. The van der Waals surface area contributed by atoms with Crippen molar-refractivity contribution in [2.24, 2.45) is 16.6 Å². The van der Waals surface area contributed by atoms with E-state index in [1.54, 1.807) is 12.1 Å². The fourth-order valence-electron chi connectivity index (χ4n) is 1.94. The Morgan fingerprint density at radius 1 is 1.29 bits per heavy atom. The monoisotopic (exact) mass is 390 g/mol. The standard InChI is InChI=1S/C16H18N6O6/c1-16(2,21-8-11(7-19-21)22(25)26)15(24)28-20-14(18)10-3-5-12(6-4-10)27-9-13(17)23/h3-8H,9H2,1-2H3,(H2,17,23)(H2,18,20). The average molecular weight is 390 g/mol. The van der Waals surface area contributed by atoms with Crippen molar-refractivity contribution >= 4 is 23.4 Å². The van der Waals surface area contributed by atoms with E-state index in [0.29, 0.717) is 11.3 Å². The number of amides is 1. The van der Waals surface area contributed by atoms with Gasteiger partial charge in [0, 0.05) is 5.56 Å². The second kappa shape index (κ2) is 8.16. The molecule has 12 heteroatoms. The molecular formula is C16H18N6O6. The number of primary amides is 1. The molecule has 0 bridgehead atoms. The Bertz CT molecular complexity index is 918. The summed E-state index contributed by atoms with van der Waals surface area (Å²) in [6.07, 6.45) is 2.13. The van der Waals surface area contributed by atoms with Gasteiger partial charge in [-0.1, -0.05) is 5.16 Å². The Morgan fingerprint density at radius 3 is 2.46 bits per heavy atom. The highest BCUT2D eigenvalue weighted by atomic mass is 16.7. The largest absolute Gasteiger partial charge is 0.484 e. The fourth-order valence-corrected chi connectivity index (χ4v) is 1.94. The molecule has 1 heterocycles. The predicted molar refractivity (Wildman–Crippen MR) is 96.2 cm³/mol. The highest BCUT2D eigenvalue weighted by molar-refractivity contribution is 5.97. The molecule has 1 aromatic heterocycles. The zero-order valence-electron chi connectivity index (χ0n) is 15.1. The smallest absolute Gasteiger partial charge is 0.361 e. The number of benzene rings is 1. The van der Waals surface area contributed by atoms with E-state index in [0.717, 1.165) is 17.1 Å². The molecule has 0 atom stereocenters. The second-order valence-corrected chi connectivity index (χ2v) is 6.09. The molecule has 0 saturated heterocycles. The van der Waals surface area contributed by atoms with Crippen LogP contribution >= 0.6 is 0 Å². The van der Waals surface area contributed by atoms with Gasteiger partial charge >= 0.3 is 11.7 Å². The van der Waals surface area contributed by atoms with E-state index in [-0.39, 0.29) is 18.1 Å². The molecule has 2 aromatic rings. The van der Waals surface area contributed by atoms with Crippen LogP contribution in [0.3, 0.4) is 0 Å². The first-order chi connectivity index (χ1) is 13.1. The number of hydrogen-bond donors (Lipinski definition) is 2. The van der Waals surface area contributed by atoms with Crippen molar-refractivity contribution in [1.29, 1.82) is 0 Å². The van der Waals surface area contributed by atoms with Gasteiger partial charge in [-0.05, 0) is 38.1 Å². The van der Waals surface area contributed by atoms with Crippen LogP contribution < -0.4 is 16.2 Å². The van der Waals surface area contributed by atoms with Gasteiger partial charge in [0.25, 0.3) is 5.91 Å². The van der Waals surface area contributed by atoms with E-state index < -0.39 is 22.3 Å². The Kier molecular flexibility index (Phi) is 5.93. The van der Waals surface area contributed by atoms with Crippen molar-refractivity contribution in [3.63, 3.8) is 0 Å². The van der Waals surface area contributed by atoms with Crippen molar-refractivity contribution in [2.45, 2.75) is 19.4 Å². The number of carbonyl (C=O) groups is 2. The minimum Gasteiger partial charge on any atom is -0.484 e. The van der Waals surface area contributed by atoms with Crippen molar-refractivity contribution < 1.29 is 24.1 Å². The van der Waals surface area contributed by atoms with Crippen LogP contribution in [0.15, 0.2) is 41.8 Å². The summed E-state index contributed by atoms with van der Waals surface area (Å²) in [6, 6.07) is 6.17. The summed E-state index contributed by atoms with van der Waals surface area (Å²) in [5, 5.41) is 18.1. The maximum atomic E-state index is 12.3. The first-order valence-corrected chi connectivity index (χ1v) is 7.87. The molecule has 0 spiro atoms. The van der Waals surface area contributed by atoms with Crippen LogP contribution in [0, 0.1) is 10.1 Å². The summed E-state index contributed by atoms with van der Waals surface area (Å²) in [6.45, 7) is 2.66. The van der Waals surface area contributed by atoms with E-state index in [2.05, 4.69) is 10.3 Å². The highest BCUT2D eigenvalue weighted by Crippen LogP contribution is 2.20. The maximum Gasteiger partial charge on any atom is 0.361 e. The molecule has 0 aliphatic carbocycles. The molecule has 0 aliphatic rings. The van der Waals surface area contributed by atoms with Crippen LogP contribution in [-0.2, 0) is 20.0 Å². The van der Waals surface area contributed by atoms with Crippen LogP contribution in [0.4, 0.5) is 5.69 Å². The minimum atomic E-state index is -1.36. The van der Waals surface area contributed by atoms with E-state index in [4.69, 9.17) is 21.0 Å². The first kappa shape index (κ1) is 20.4. The third-order valence-corrected chi connectivity index (χ3v) is 3.61. The summed E-state index contributed by atoms with van der Waals surface area (Å²) >= 11 is 0. The first-order valence-electron chi connectivity index (χ1n) is 7.87. The molecule has 12 nitrogen and oxygen atoms in total. The lowest BCUT2D eigenvalue weighted by molar-refractivity contribution is -0.385. The van der Waals surface area contributed by atoms with E-state index in [9.17, 15) is 19.7 Å². The van der Waals surface area contributed by atoms with Crippen LogP contribution in [0.5, 0.6) is 5.75 Å². The quantitative estimate of drug-likeness (QED) is 0.212. The third-order valence-electron chi connectivity index (χ3n) is 3.61. The maximum absolute atomic E-state index is 12.3. The second-order valence-electron chi connectivity index (χ2n) is 6.09.